The lowest BCUT2D eigenvalue weighted by atomic mass is 10.5. The minimum Gasteiger partial charge on any atom is -0.610 e. The van der Waals surface area contributed by atoms with Gasteiger partial charge in [-0.2, -0.15) is 0 Å². The van der Waals surface area contributed by atoms with Crippen molar-refractivity contribution in [2.75, 3.05) is 12.9 Å². The van der Waals surface area contributed by atoms with Crippen LogP contribution in [0.5, 0.6) is 0 Å². The maximum atomic E-state index is 11.5. The van der Waals surface area contributed by atoms with Crippen LogP contribution in [-0.4, -0.2) is 28.4 Å². The van der Waals surface area contributed by atoms with Crippen molar-refractivity contribution < 1.29 is 14.1 Å². The second kappa shape index (κ2) is 5.62. The highest BCUT2D eigenvalue weighted by Crippen LogP contribution is 2.07. The predicted molar refractivity (Wildman–Crippen MR) is 52.1 cm³/mol. The molecule has 0 bridgehead atoms. The topological polar surface area (TPSA) is 62.2 Å². The maximum Gasteiger partial charge on any atom is 0.310 e. The normalized spacial score (nSPS) is 12.1. The van der Waals surface area contributed by atoms with E-state index in [1.54, 1.807) is 24.4 Å². The second-order valence-corrected chi connectivity index (χ2v) is 4.06. The molecule has 0 saturated carbocycles. The molecule has 0 saturated heterocycles. The number of aromatic nitrogens is 1. The van der Waals surface area contributed by atoms with E-state index in [2.05, 4.69) is 9.72 Å². The molecule has 0 N–H and O–H groups in total. The fraction of sp³-hybridized carbons (Fsp3) is 0.333. The fourth-order valence-corrected chi connectivity index (χ4v) is 1.83. The van der Waals surface area contributed by atoms with Crippen LogP contribution < -0.4 is 0 Å². The van der Waals surface area contributed by atoms with E-state index in [1.807, 2.05) is 0 Å². The highest BCUT2D eigenvalue weighted by Gasteiger charge is 2.14. The third-order valence-corrected chi connectivity index (χ3v) is 2.87. The summed E-state index contributed by atoms with van der Waals surface area (Å²) in [6, 6.07) is 5.19. The van der Waals surface area contributed by atoms with Crippen LogP contribution in [0.4, 0.5) is 0 Å². The molecule has 1 unspecified atom stereocenters. The van der Waals surface area contributed by atoms with Crippen LogP contribution in [0.25, 0.3) is 0 Å². The number of carbonyl (C=O) groups is 1. The van der Waals surface area contributed by atoms with Gasteiger partial charge in [0.2, 0.25) is 5.03 Å². The Morgan fingerprint density at radius 3 is 3.00 bits per heavy atom. The molecule has 1 aromatic rings. The van der Waals surface area contributed by atoms with Crippen molar-refractivity contribution in [1.82, 2.24) is 4.98 Å². The molecule has 0 aromatic carbocycles. The summed E-state index contributed by atoms with van der Waals surface area (Å²) in [6.45, 7) is 0. The van der Waals surface area contributed by atoms with Crippen molar-refractivity contribution in [3.63, 3.8) is 0 Å². The highest BCUT2D eigenvalue weighted by atomic mass is 32.2. The lowest BCUT2D eigenvalue weighted by Crippen LogP contribution is -2.13. The molecular formula is C9H11NO3S. The summed E-state index contributed by atoms with van der Waals surface area (Å²) in [5, 5.41) is 0.497. The number of esters is 1. The number of hydrogen-bond acceptors (Lipinski definition) is 4. The zero-order valence-electron chi connectivity index (χ0n) is 7.80. The van der Waals surface area contributed by atoms with Crippen LogP contribution >= 0.6 is 0 Å². The van der Waals surface area contributed by atoms with Crippen molar-refractivity contribution in [2.24, 2.45) is 0 Å². The van der Waals surface area contributed by atoms with Crippen molar-refractivity contribution in [2.45, 2.75) is 11.4 Å². The molecule has 0 aliphatic carbocycles. The Bertz CT molecular complexity index is 291. The van der Waals surface area contributed by atoms with Crippen LogP contribution in [0.1, 0.15) is 6.42 Å². The highest BCUT2D eigenvalue weighted by molar-refractivity contribution is 7.91. The van der Waals surface area contributed by atoms with Crippen LogP contribution in [0, 0.1) is 0 Å². The molecule has 0 radical (unpaired) electrons. The van der Waals surface area contributed by atoms with Gasteiger partial charge in [0.05, 0.1) is 13.5 Å². The molecule has 0 aliphatic rings. The monoisotopic (exact) mass is 213 g/mol. The minimum absolute atomic E-state index is 0.152. The second-order valence-electron chi connectivity index (χ2n) is 2.54. The summed E-state index contributed by atoms with van der Waals surface area (Å²) in [5.41, 5.74) is 0. The predicted octanol–water partition coefficient (Wildman–Crippen LogP) is 0.752. The number of ether oxygens (including phenoxy) is 1. The Morgan fingerprint density at radius 1 is 1.64 bits per heavy atom. The quantitative estimate of drug-likeness (QED) is 0.547. The first kappa shape index (κ1) is 11.0. The zero-order chi connectivity index (χ0) is 10.4. The first-order chi connectivity index (χ1) is 6.74. The van der Waals surface area contributed by atoms with Crippen molar-refractivity contribution >= 4 is 17.1 Å². The summed E-state index contributed by atoms with van der Waals surface area (Å²) in [4.78, 5) is 14.7. The molecule has 0 aliphatic heterocycles. The maximum absolute atomic E-state index is 11.5. The van der Waals surface area contributed by atoms with E-state index in [0.29, 0.717) is 5.03 Å². The van der Waals surface area contributed by atoms with Gasteiger partial charge in [0.15, 0.2) is 0 Å². The number of rotatable bonds is 4. The standard InChI is InChI=1S/C9H11NO3S/c1-13-9(11)5-7-14(12)8-4-2-3-6-10-8/h2-4,6H,5,7H2,1H3. The first-order valence-corrected chi connectivity index (χ1v) is 5.42. The van der Waals surface area contributed by atoms with Gasteiger partial charge in [-0.05, 0) is 6.07 Å². The minimum atomic E-state index is -1.22. The summed E-state index contributed by atoms with van der Waals surface area (Å²) in [7, 11) is 1.31. The molecule has 14 heavy (non-hydrogen) atoms. The van der Waals surface area contributed by atoms with E-state index in [-0.39, 0.29) is 18.1 Å². The number of hydrogen-bond donors (Lipinski definition) is 0. The molecule has 0 amide bonds. The van der Waals surface area contributed by atoms with E-state index in [1.165, 1.54) is 7.11 Å². The molecule has 4 nitrogen and oxygen atoms in total. The summed E-state index contributed by atoms with van der Waals surface area (Å²) in [5.74, 6) is -0.0989. The van der Waals surface area contributed by atoms with E-state index in [9.17, 15) is 9.35 Å². The van der Waals surface area contributed by atoms with Gasteiger partial charge in [-0.15, -0.1) is 0 Å². The molecular weight excluding hydrogens is 202 g/mol. The molecule has 1 atom stereocenters. The average molecular weight is 213 g/mol. The molecule has 5 heteroatoms. The van der Waals surface area contributed by atoms with Gasteiger partial charge in [-0.1, -0.05) is 6.07 Å². The molecule has 76 valence electrons. The van der Waals surface area contributed by atoms with Crippen LogP contribution in [0.3, 0.4) is 0 Å². The van der Waals surface area contributed by atoms with Gasteiger partial charge >= 0.3 is 5.97 Å². The SMILES string of the molecule is COC(=O)CC[S+]([O-])c1ccccn1. The van der Waals surface area contributed by atoms with E-state index in [0.717, 1.165) is 0 Å². The fourth-order valence-electron chi connectivity index (χ4n) is 0.864. The van der Waals surface area contributed by atoms with Crippen LogP contribution in [0.2, 0.25) is 0 Å². The largest absolute Gasteiger partial charge is 0.610 e. The van der Waals surface area contributed by atoms with Crippen LogP contribution in [0.15, 0.2) is 29.4 Å². The molecule has 1 aromatic heterocycles. The number of carbonyl (C=O) groups excluding carboxylic acids is 1. The van der Waals surface area contributed by atoms with Gasteiger partial charge in [0.1, 0.15) is 5.75 Å². The molecule has 1 rings (SSSR count). The lowest BCUT2D eigenvalue weighted by Gasteiger charge is -2.07. The molecule has 0 spiro atoms. The number of methoxy groups -OCH3 is 1. The summed E-state index contributed by atoms with van der Waals surface area (Å²) in [6.07, 6.45) is 1.73. The Morgan fingerprint density at radius 2 is 2.43 bits per heavy atom. The first-order valence-electron chi connectivity index (χ1n) is 4.10. The third kappa shape index (κ3) is 3.35. The van der Waals surface area contributed by atoms with E-state index in [4.69, 9.17) is 0 Å². The van der Waals surface area contributed by atoms with Gasteiger partial charge in [-0.25, -0.2) is 4.98 Å². The summed E-state index contributed by atoms with van der Waals surface area (Å²) >= 11 is -1.22. The van der Waals surface area contributed by atoms with Gasteiger partial charge < -0.3 is 9.29 Å². The van der Waals surface area contributed by atoms with Gasteiger partial charge in [0, 0.05) is 23.4 Å². The Labute approximate surface area is 85.5 Å². The number of nitrogens with zero attached hydrogens (tertiary/aromatic N) is 1. The van der Waals surface area contributed by atoms with Gasteiger partial charge in [0.25, 0.3) is 0 Å². The summed E-state index contributed by atoms with van der Waals surface area (Å²) < 4.78 is 15.9. The Balaban J connectivity index is 2.43. The Kier molecular flexibility index (Phi) is 4.42. The van der Waals surface area contributed by atoms with Crippen molar-refractivity contribution in [3.05, 3.63) is 24.4 Å². The molecule has 0 fully saturated rings. The lowest BCUT2D eigenvalue weighted by molar-refractivity contribution is -0.140. The van der Waals surface area contributed by atoms with E-state index >= 15 is 0 Å². The molecule has 1 heterocycles. The van der Waals surface area contributed by atoms with Crippen molar-refractivity contribution in [3.8, 4) is 0 Å². The van der Waals surface area contributed by atoms with Crippen LogP contribution in [-0.2, 0) is 20.7 Å². The smallest absolute Gasteiger partial charge is 0.310 e. The number of pyridine rings is 1. The average Bonchev–Trinajstić information content (AvgIpc) is 2.26. The van der Waals surface area contributed by atoms with E-state index < -0.39 is 11.2 Å². The zero-order valence-corrected chi connectivity index (χ0v) is 8.62. The Hall–Kier alpha value is -1.07. The van der Waals surface area contributed by atoms with Crippen molar-refractivity contribution in [1.29, 1.82) is 0 Å². The van der Waals surface area contributed by atoms with Gasteiger partial charge in [-0.3, -0.25) is 4.79 Å². The third-order valence-electron chi connectivity index (χ3n) is 1.59.